The van der Waals surface area contributed by atoms with Gasteiger partial charge in [-0.2, -0.15) is 0 Å². The molecule has 7 heterocycles. The number of amides is 12. The molecule has 12 amide bonds. The molecule has 0 saturated carbocycles. The van der Waals surface area contributed by atoms with Crippen molar-refractivity contribution in [2.24, 2.45) is 23.2 Å². The van der Waals surface area contributed by atoms with E-state index in [1.54, 1.807) is 0 Å². The maximum absolute atomic E-state index is 14.6. The van der Waals surface area contributed by atoms with Crippen LogP contribution in [0.1, 0.15) is 103 Å². The second-order valence-electron chi connectivity index (χ2n) is 20.0. The highest BCUT2D eigenvalue weighted by Gasteiger charge is 2.52. The summed E-state index contributed by atoms with van der Waals surface area (Å²) >= 11 is 0. The molecule has 0 bridgehead atoms. The number of hydrazine groups is 2. The van der Waals surface area contributed by atoms with Crippen LogP contribution in [0.15, 0.2) is 0 Å². The van der Waals surface area contributed by atoms with Gasteiger partial charge in [0.1, 0.15) is 42.3 Å². The summed E-state index contributed by atoms with van der Waals surface area (Å²) in [4.78, 5) is 170. The van der Waals surface area contributed by atoms with Gasteiger partial charge >= 0.3 is 0 Å². The molecule has 0 aliphatic carbocycles. The summed E-state index contributed by atoms with van der Waals surface area (Å²) in [7, 11) is 0. The van der Waals surface area contributed by atoms with Gasteiger partial charge in [-0.05, 0) is 70.6 Å². The third-order valence-corrected chi connectivity index (χ3v) is 15.3. The fourth-order valence-corrected chi connectivity index (χ4v) is 11.8. The number of hydrogen-bond donors (Lipinski definition) is 8. The van der Waals surface area contributed by atoms with Crippen molar-refractivity contribution in [3.05, 3.63) is 0 Å². The minimum atomic E-state index is -1.06. The highest BCUT2D eigenvalue weighted by molar-refractivity contribution is 5.99. The minimum Gasteiger partial charge on any atom is -0.368 e. The summed E-state index contributed by atoms with van der Waals surface area (Å²) in [6.45, 7) is 2.24. The summed E-state index contributed by atoms with van der Waals surface area (Å²) in [6, 6.07) is -8.65. The number of rotatable bonds is 15. The van der Waals surface area contributed by atoms with E-state index in [1.165, 1.54) is 41.2 Å². The first kappa shape index (κ1) is 53.3. The van der Waals surface area contributed by atoms with Gasteiger partial charge in [-0.25, -0.2) is 11.7 Å². The Morgan fingerprint density at radius 2 is 0.736 bits per heavy atom. The third-order valence-electron chi connectivity index (χ3n) is 15.3. The number of nitrogens with one attached hydrogen (secondary N) is 4. The van der Waals surface area contributed by atoms with Gasteiger partial charge in [0, 0.05) is 96.5 Å². The zero-order valence-electron chi connectivity index (χ0n) is 40.7. The zero-order valence-corrected chi connectivity index (χ0v) is 40.7. The van der Waals surface area contributed by atoms with Crippen LogP contribution in [-0.2, 0) is 57.5 Å². The van der Waals surface area contributed by atoms with Crippen molar-refractivity contribution in [2.75, 3.05) is 45.8 Å². The standard InChI is InChI=1S/C45H69N15O12/c1-24(61)58-22-27(51-36(63)11-13-38(65)53-49)20-34(58)45(72)57-17-3-7-29(57)41(68)54-14-4-8-30(54)42(69)59-21-25(46)18-33(59)44(71)56-16-2-6-28(56)40(67)55-15-5-9-31(55)43(70)60-23-26(19-32(60)39(47)66)50-35(62)10-12-37(64)52-48/h25-34H,2-23,46,48-49H2,1H3,(H2,47,66)(H,50,62)(H,51,63)(H,52,64)(H,53,65)/t25-,26-,27-,28-,29-,30-,31-,32-,33-,34-/m0/s1. The second-order valence-corrected chi connectivity index (χ2v) is 20.0. The first-order valence-electron chi connectivity index (χ1n) is 25.1. The van der Waals surface area contributed by atoms with Gasteiger partial charge in [0.25, 0.3) is 0 Å². The van der Waals surface area contributed by atoms with E-state index < -0.39 is 131 Å². The van der Waals surface area contributed by atoms with Crippen molar-refractivity contribution in [1.29, 1.82) is 0 Å². The summed E-state index contributed by atoms with van der Waals surface area (Å²) in [5.41, 5.74) is 16.1. The highest BCUT2D eigenvalue weighted by Crippen LogP contribution is 2.33. The summed E-state index contributed by atoms with van der Waals surface area (Å²) in [5.74, 6) is 4.26. The molecular weight excluding hydrogens is 943 g/mol. The number of nitrogens with zero attached hydrogens (tertiary/aromatic N) is 7. The Morgan fingerprint density at radius 3 is 1.11 bits per heavy atom. The van der Waals surface area contributed by atoms with Crippen molar-refractivity contribution in [3.8, 4) is 0 Å². The number of carbonyl (C=O) groups excluding carboxylic acids is 12. The number of carbonyl (C=O) groups is 12. The largest absolute Gasteiger partial charge is 0.368 e. The zero-order chi connectivity index (χ0) is 52.1. The Bertz CT molecular complexity index is 2050. The topological polar surface area (TPSA) is 380 Å². The average Bonchev–Trinajstić information content (AvgIpc) is 4.22. The molecule has 7 aliphatic heterocycles. The first-order chi connectivity index (χ1) is 34.3. The molecule has 7 fully saturated rings. The lowest BCUT2D eigenvalue weighted by Gasteiger charge is -2.37. The van der Waals surface area contributed by atoms with Crippen LogP contribution in [0.25, 0.3) is 0 Å². The predicted molar refractivity (Wildman–Crippen MR) is 249 cm³/mol. The Kier molecular flexibility index (Phi) is 17.0. The van der Waals surface area contributed by atoms with Gasteiger partial charge in [-0.3, -0.25) is 68.4 Å². The molecule has 12 N–H and O–H groups in total. The van der Waals surface area contributed by atoms with E-state index in [9.17, 15) is 57.5 Å². The van der Waals surface area contributed by atoms with E-state index in [4.69, 9.17) is 23.2 Å². The van der Waals surface area contributed by atoms with Gasteiger partial charge in [0.15, 0.2) is 0 Å². The Balaban J connectivity index is 0.985. The van der Waals surface area contributed by atoms with Crippen LogP contribution in [-0.4, -0.2) is 211 Å². The van der Waals surface area contributed by atoms with E-state index >= 15 is 0 Å². The highest BCUT2D eigenvalue weighted by atomic mass is 16.2. The van der Waals surface area contributed by atoms with Gasteiger partial charge in [0.05, 0.1) is 0 Å². The maximum atomic E-state index is 14.6. The van der Waals surface area contributed by atoms with Crippen molar-refractivity contribution < 1.29 is 57.5 Å². The lowest BCUT2D eigenvalue weighted by atomic mass is 10.1. The summed E-state index contributed by atoms with van der Waals surface area (Å²) in [5, 5.41) is 5.52. The van der Waals surface area contributed by atoms with Crippen LogP contribution >= 0.6 is 0 Å². The number of hydrogen-bond acceptors (Lipinski definition) is 15. The maximum Gasteiger partial charge on any atom is 0.246 e. The summed E-state index contributed by atoms with van der Waals surface area (Å²) in [6.07, 6.45) is 2.77. The molecule has 7 saturated heterocycles. The first-order valence-corrected chi connectivity index (χ1v) is 25.1. The average molecular weight is 1010 g/mol. The van der Waals surface area contributed by atoms with Crippen molar-refractivity contribution in [3.63, 3.8) is 0 Å². The lowest BCUT2D eigenvalue weighted by Crippen LogP contribution is -2.59. The van der Waals surface area contributed by atoms with Gasteiger partial charge in [-0.15, -0.1) is 0 Å². The van der Waals surface area contributed by atoms with Crippen LogP contribution in [0.4, 0.5) is 0 Å². The van der Waals surface area contributed by atoms with Crippen molar-refractivity contribution >= 4 is 70.9 Å². The predicted octanol–water partition coefficient (Wildman–Crippen LogP) is -5.90. The molecule has 10 atom stereocenters. The molecule has 0 aromatic rings. The molecule has 27 nitrogen and oxygen atoms in total. The molecule has 0 spiro atoms. The smallest absolute Gasteiger partial charge is 0.246 e. The van der Waals surface area contributed by atoms with E-state index in [0.29, 0.717) is 51.4 Å². The third kappa shape index (κ3) is 11.4. The quantitative estimate of drug-likeness (QED) is 0.0430. The van der Waals surface area contributed by atoms with Crippen LogP contribution in [0.5, 0.6) is 0 Å². The molecule has 0 radical (unpaired) electrons. The molecule has 7 rings (SSSR count). The Morgan fingerprint density at radius 1 is 0.417 bits per heavy atom. The van der Waals surface area contributed by atoms with Crippen LogP contribution in [0.2, 0.25) is 0 Å². The molecule has 396 valence electrons. The Hall–Kier alpha value is -6.48. The Labute approximate surface area is 416 Å². The van der Waals surface area contributed by atoms with Crippen LogP contribution in [0.3, 0.4) is 0 Å². The molecule has 27 heteroatoms. The molecule has 0 unspecified atom stereocenters. The van der Waals surface area contributed by atoms with Crippen molar-refractivity contribution in [1.82, 2.24) is 55.8 Å². The molecule has 72 heavy (non-hydrogen) atoms. The number of nitrogens with two attached hydrogens (primary N) is 4. The molecule has 0 aromatic heterocycles. The van der Waals surface area contributed by atoms with E-state index in [-0.39, 0.29) is 90.8 Å². The van der Waals surface area contributed by atoms with Gasteiger partial charge in [-0.1, -0.05) is 0 Å². The van der Waals surface area contributed by atoms with Crippen molar-refractivity contribution in [2.45, 2.75) is 164 Å². The SMILES string of the molecule is CC(=O)N1C[C@@H](NC(=O)CCC(=O)NN)C[C@H]1C(=O)N1CCC[C@H]1C(=O)N1CCC[C@H]1C(=O)N1C[C@@H](N)C[C@H]1C(=O)N1CCC[C@H]1C(=O)N1CCC[C@H]1C(=O)N1C[C@@H](NC(=O)CCC(=O)NN)C[C@H]1C(N)=O. The van der Waals surface area contributed by atoms with Gasteiger partial charge in [0.2, 0.25) is 70.9 Å². The van der Waals surface area contributed by atoms with E-state index in [1.807, 2.05) is 10.9 Å². The van der Waals surface area contributed by atoms with Gasteiger partial charge < -0.3 is 56.4 Å². The monoisotopic (exact) mass is 1010 g/mol. The second kappa shape index (κ2) is 22.9. The molecule has 0 aromatic carbocycles. The van der Waals surface area contributed by atoms with Crippen LogP contribution < -0.4 is 44.6 Å². The fourth-order valence-electron chi connectivity index (χ4n) is 11.8. The number of primary amides is 1. The molecular formula is C45H69N15O12. The van der Waals surface area contributed by atoms with E-state index in [0.717, 1.165) is 0 Å². The number of likely N-dealkylation sites (tertiary alicyclic amines) is 7. The summed E-state index contributed by atoms with van der Waals surface area (Å²) < 4.78 is 0. The van der Waals surface area contributed by atoms with Crippen LogP contribution in [0, 0.1) is 0 Å². The lowest BCUT2D eigenvalue weighted by molar-refractivity contribution is -0.155. The van der Waals surface area contributed by atoms with E-state index in [2.05, 4.69) is 10.6 Å². The fraction of sp³-hybridized carbons (Fsp3) is 0.733. The minimum absolute atomic E-state index is 0.0266. The molecule has 7 aliphatic rings. The normalized spacial score (nSPS) is 29.1.